The van der Waals surface area contributed by atoms with Gasteiger partial charge in [0.1, 0.15) is 0 Å². The summed E-state index contributed by atoms with van der Waals surface area (Å²) in [5, 5.41) is 21.9. The number of nitrogens with one attached hydrogen (secondary N) is 1. The van der Waals surface area contributed by atoms with Crippen molar-refractivity contribution in [2.24, 2.45) is 0 Å². The predicted molar refractivity (Wildman–Crippen MR) is 155 cm³/mol. The van der Waals surface area contributed by atoms with Gasteiger partial charge in [-0.25, -0.2) is 4.68 Å². The normalized spacial score (nSPS) is 11.1. The smallest absolute Gasteiger partial charge is 0.234 e. The van der Waals surface area contributed by atoms with E-state index in [0.29, 0.717) is 48.8 Å². The van der Waals surface area contributed by atoms with Crippen LogP contribution in [0.5, 0.6) is 0 Å². The summed E-state index contributed by atoms with van der Waals surface area (Å²) in [5.41, 5.74) is 3.19. The van der Waals surface area contributed by atoms with Gasteiger partial charge in [-0.05, 0) is 59.3 Å². The van der Waals surface area contributed by atoms with Crippen LogP contribution in [0.1, 0.15) is 5.69 Å². The average Bonchev–Trinajstić information content (AvgIpc) is 3.50. The molecule has 0 saturated carbocycles. The fourth-order valence-corrected chi connectivity index (χ4v) is 5.40. The van der Waals surface area contributed by atoms with Crippen LogP contribution < -0.4 is 5.32 Å². The van der Waals surface area contributed by atoms with Gasteiger partial charge in [-0.15, -0.1) is 15.3 Å². The second-order valence-corrected chi connectivity index (χ2v) is 11.0. The van der Waals surface area contributed by atoms with E-state index < -0.39 is 0 Å². The van der Waals surface area contributed by atoms with Crippen molar-refractivity contribution in [2.45, 2.75) is 12.1 Å². The van der Waals surface area contributed by atoms with E-state index in [-0.39, 0.29) is 11.7 Å². The summed E-state index contributed by atoms with van der Waals surface area (Å²) in [6.45, 7) is 1.84. The van der Waals surface area contributed by atoms with Crippen molar-refractivity contribution in [3.63, 3.8) is 0 Å². The van der Waals surface area contributed by atoms with E-state index in [9.17, 15) is 4.79 Å². The van der Waals surface area contributed by atoms with Crippen molar-refractivity contribution in [1.82, 2.24) is 29.8 Å². The third-order valence-electron chi connectivity index (χ3n) is 5.45. The first-order chi connectivity index (χ1) is 18.3. The molecule has 0 aliphatic heterocycles. The van der Waals surface area contributed by atoms with Crippen LogP contribution in [0.25, 0.3) is 22.9 Å². The van der Waals surface area contributed by atoms with Crippen molar-refractivity contribution < 1.29 is 4.79 Å². The van der Waals surface area contributed by atoms with Gasteiger partial charge in [0.25, 0.3) is 0 Å². The zero-order chi connectivity index (χ0) is 26.8. The first-order valence-electron chi connectivity index (χ1n) is 11.1. The molecule has 38 heavy (non-hydrogen) atoms. The van der Waals surface area contributed by atoms with Crippen LogP contribution in [-0.2, 0) is 4.79 Å². The van der Waals surface area contributed by atoms with Crippen LogP contribution in [-0.4, -0.2) is 41.4 Å². The van der Waals surface area contributed by atoms with Gasteiger partial charge < -0.3 is 5.32 Å². The molecule has 0 unspecified atom stereocenters. The van der Waals surface area contributed by atoms with E-state index in [1.165, 1.54) is 11.8 Å². The van der Waals surface area contributed by atoms with Gasteiger partial charge in [0, 0.05) is 10.2 Å². The number of aromatic nitrogens is 6. The van der Waals surface area contributed by atoms with Gasteiger partial charge in [-0.3, -0.25) is 9.36 Å². The van der Waals surface area contributed by atoms with Gasteiger partial charge in [0.05, 0.1) is 37.9 Å². The van der Waals surface area contributed by atoms with Gasteiger partial charge in [0.15, 0.2) is 16.7 Å². The van der Waals surface area contributed by atoms with Crippen LogP contribution >= 0.6 is 62.5 Å². The maximum Gasteiger partial charge on any atom is 0.234 e. The van der Waals surface area contributed by atoms with Crippen LogP contribution in [0.3, 0.4) is 0 Å². The van der Waals surface area contributed by atoms with Crippen molar-refractivity contribution in [3.8, 4) is 22.9 Å². The molecule has 0 spiro atoms. The maximum atomic E-state index is 12.7. The summed E-state index contributed by atoms with van der Waals surface area (Å²) in [4.78, 5) is 12.7. The maximum absolute atomic E-state index is 12.7. The zero-order valence-corrected chi connectivity index (χ0v) is 24.2. The average molecular weight is 650 g/mol. The molecule has 192 valence electrons. The SMILES string of the molecule is Cc1c(-c2nnc(SCC(=O)Nc3ccccc3Br)n2-c2ccccc2)nnn1-c1cc(Cl)c(Cl)cc1Cl. The van der Waals surface area contributed by atoms with Gasteiger partial charge in [0.2, 0.25) is 5.91 Å². The first kappa shape index (κ1) is 26.7. The van der Waals surface area contributed by atoms with Crippen LogP contribution in [0, 0.1) is 6.92 Å². The lowest BCUT2D eigenvalue weighted by atomic mass is 10.2. The van der Waals surface area contributed by atoms with Crippen molar-refractivity contribution in [1.29, 1.82) is 0 Å². The molecule has 1 amide bonds. The van der Waals surface area contributed by atoms with E-state index in [4.69, 9.17) is 34.8 Å². The minimum Gasteiger partial charge on any atom is -0.324 e. The number of anilines is 1. The lowest BCUT2D eigenvalue weighted by Crippen LogP contribution is -2.15. The highest BCUT2D eigenvalue weighted by Gasteiger charge is 2.23. The number of rotatable bonds is 7. The number of amides is 1. The first-order valence-corrected chi connectivity index (χ1v) is 14.0. The number of benzene rings is 3. The molecule has 0 bridgehead atoms. The highest BCUT2D eigenvalue weighted by atomic mass is 79.9. The molecule has 13 heteroatoms. The highest BCUT2D eigenvalue weighted by Crippen LogP contribution is 2.34. The molecule has 3 aromatic carbocycles. The number of nitrogens with zero attached hydrogens (tertiary/aromatic N) is 6. The summed E-state index contributed by atoms with van der Waals surface area (Å²) < 4.78 is 4.21. The lowest BCUT2D eigenvalue weighted by Gasteiger charge is -2.11. The molecule has 5 aromatic rings. The number of para-hydroxylation sites is 2. The fraction of sp³-hybridized carbons (Fsp3) is 0.0800. The lowest BCUT2D eigenvalue weighted by molar-refractivity contribution is -0.113. The van der Waals surface area contributed by atoms with E-state index in [1.54, 1.807) is 16.8 Å². The summed E-state index contributed by atoms with van der Waals surface area (Å²) in [7, 11) is 0. The Morgan fingerprint density at radius 2 is 1.66 bits per heavy atom. The number of carbonyl (C=O) groups is 1. The van der Waals surface area contributed by atoms with Crippen molar-refractivity contribution in [3.05, 3.63) is 92.0 Å². The van der Waals surface area contributed by atoms with E-state index in [1.807, 2.05) is 66.1 Å². The number of carbonyl (C=O) groups excluding carboxylic acids is 1. The second kappa shape index (κ2) is 11.5. The Morgan fingerprint density at radius 1 is 0.947 bits per heavy atom. The Morgan fingerprint density at radius 3 is 2.42 bits per heavy atom. The molecule has 0 aliphatic carbocycles. The zero-order valence-electron chi connectivity index (χ0n) is 19.6. The molecule has 0 saturated heterocycles. The Hall–Kier alpha value is -2.89. The Bertz CT molecular complexity index is 1640. The summed E-state index contributed by atoms with van der Waals surface area (Å²) in [6, 6.07) is 20.2. The number of thioether (sulfide) groups is 1. The van der Waals surface area contributed by atoms with E-state index >= 15 is 0 Å². The summed E-state index contributed by atoms with van der Waals surface area (Å²) in [5.74, 6) is 0.406. The largest absolute Gasteiger partial charge is 0.324 e. The third-order valence-corrected chi connectivity index (χ3v) is 8.10. The van der Waals surface area contributed by atoms with Crippen LogP contribution in [0.15, 0.2) is 76.4 Å². The van der Waals surface area contributed by atoms with Crippen LogP contribution in [0.4, 0.5) is 5.69 Å². The summed E-state index contributed by atoms with van der Waals surface area (Å²) in [6.07, 6.45) is 0. The van der Waals surface area contributed by atoms with E-state index in [2.05, 4.69) is 41.8 Å². The Kier molecular flexibility index (Phi) is 8.06. The van der Waals surface area contributed by atoms with Crippen molar-refractivity contribution in [2.75, 3.05) is 11.1 Å². The van der Waals surface area contributed by atoms with Gasteiger partial charge in [-0.2, -0.15) is 0 Å². The second-order valence-electron chi connectivity index (χ2n) is 7.95. The fourth-order valence-electron chi connectivity index (χ4n) is 3.64. The van der Waals surface area contributed by atoms with Crippen molar-refractivity contribution >= 4 is 74.1 Å². The highest BCUT2D eigenvalue weighted by molar-refractivity contribution is 9.10. The third kappa shape index (κ3) is 5.45. The standard InChI is InChI=1S/C25H17BrCl3N7OS/c1-14-23(31-34-36(14)21-12-18(28)17(27)11-19(21)29)24-32-33-25(35(24)15-7-3-2-4-8-15)38-13-22(37)30-20-10-6-5-9-16(20)26/h2-12H,13H2,1H3,(H,30,37). The van der Waals surface area contributed by atoms with Gasteiger partial charge >= 0.3 is 0 Å². The molecular weight excluding hydrogens is 633 g/mol. The number of hydrogen-bond acceptors (Lipinski definition) is 6. The molecule has 2 heterocycles. The Labute approximate surface area is 245 Å². The molecular formula is C25H17BrCl3N7OS. The molecule has 5 rings (SSSR count). The number of halogens is 4. The predicted octanol–water partition coefficient (Wildman–Crippen LogP) is 7.28. The van der Waals surface area contributed by atoms with E-state index in [0.717, 1.165) is 10.2 Å². The minimum atomic E-state index is -0.178. The topological polar surface area (TPSA) is 90.5 Å². The summed E-state index contributed by atoms with van der Waals surface area (Å²) >= 11 is 23.4. The molecule has 0 atom stereocenters. The molecule has 0 fully saturated rings. The van der Waals surface area contributed by atoms with Crippen LogP contribution in [0.2, 0.25) is 15.1 Å². The number of hydrogen-bond donors (Lipinski definition) is 1. The molecule has 0 radical (unpaired) electrons. The molecule has 8 nitrogen and oxygen atoms in total. The molecule has 0 aliphatic rings. The molecule has 2 aromatic heterocycles. The quantitative estimate of drug-likeness (QED) is 0.147. The minimum absolute atomic E-state index is 0.122. The monoisotopic (exact) mass is 647 g/mol. The molecule has 1 N–H and O–H groups in total. The Balaban J connectivity index is 1.49. The van der Waals surface area contributed by atoms with Gasteiger partial charge in [-0.1, -0.05) is 82.1 Å².